The molecule has 2 rings (SSSR count). The first-order chi connectivity index (χ1) is 9.54. The van der Waals surface area contributed by atoms with Crippen LogP contribution < -0.4 is 4.72 Å². The van der Waals surface area contributed by atoms with Crippen molar-refractivity contribution >= 4 is 27.5 Å². The Labute approximate surface area is 122 Å². The summed E-state index contributed by atoms with van der Waals surface area (Å²) in [6, 6.07) is 12.4. The zero-order valence-corrected chi connectivity index (χ0v) is 12.5. The third-order valence-corrected chi connectivity index (χ3v) is 4.91. The number of hydrogen-bond donors (Lipinski definition) is 1. The Bertz CT molecular complexity index is 702. The van der Waals surface area contributed by atoms with Gasteiger partial charge in [-0.05, 0) is 30.0 Å². The van der Waals surface area contributed by atoms with Gasteiger partial charge in [-0.1, -0.05) is 31.2 Å². The van der Waals surface area contributed by atoms with Crippen molar-refractivity contribution in [2.24, 2.45) is 0 Å². The molecule has 0 unspecified atom stereocenters. The summed E-state index contributed by atoms with van der Waals surface area (Å²) >= 11 is 1.52. The summed E-state index contributed by atoms with van der Waals surface area (Å²) in [5.74, 6) is 0.0546. The van der Waals surface area contributed by atoms with Crippen LogP contribution in [0.15, 0.2) is 58.3 Å². The van der Waals surface area contributed by atoms with Gasteiger partial charge in [0.15, 0.2) is 0 Å². The summed E-state index contributed by atoms with van der Waals surface area (Å²) in [5.41, 5.74) is 0.461. The Hall–Kier alpha value is -1.53. The van der Waals surface area contributed by atoms with E-state index in [2.05, 4.69) is 4.72 Å². The molecule has 0 saturated carbocycles. The van der Waals surface area contributed by atoms with Gasteiger partial charge in [-0.3, -0.25) is 4.72 Å². The minimum Gasteiger partial charge on any atom is -0.278 e. The molecule has 0 atom stereocenters. The third kappa shape index (κ3) is 3.32. The molecule has 0 aliphatic rings. The highest BCUT2D eigenvalue weighted by molar-refractivity contribution is 7.99. The van der Waals surface area contributed by atoms with E-state index in [9.17, 15) is 12.8 Å². The molecule has 0 aromatic heterocycles. The van der Waals surface area contributed by atoms with Crippen molar-refractivity contribution in [3.8, 4) is 0 Å². The fraction of sp³-hybridized carbons (Fsp3) is 0.143. The van der Waals surface area contributed by atoms with Gasteiger partial charge in [-0.2, -0.15) is 0 Å². The molecule has 20 heavy (non-hydrogen) atoms. The smallest absolute Gasteiger partial charge is 0.264 e. The zero-order chi connectivity index (χ0) is 14.6. The van der Waals surface area contributed by atoms with Crippen molar-refractivity contribution in [2.45, 2.75) is 16.7 Å². The Morgan fingerprint density at radius 2 is 1.75 bits per heavy atom. The number of halogens is 1. The molecule has 1 N–H and O–H groups in total. The second kappa shape index (κ2) is 6.28. The molecule has 0 spiro atoms. The van der Waals surface area contributed by atoms with E-state index >= 15 is 0 Å². The molecular weight excluding hydrogens is 297 g/mol. The standard InChI is InChI=1S/C14H14FNO2S2/c1-2-19-13-9-5-4-8-12(13)16-20(17,18)14-10-6-3-7-11(14)15/h3-10,16H,2H2,1H3. The summed E-state index contributed by atoms with van der Waals surface area (Å²) in [6.45, 7) is 1.98. The number of anilines is 1. The highest BCUT2D eigenvalue weighted by atomic mass is 32.2. The quantitative estimate of drug-likeness (QED) is 0.856. The number of hydrogen-bond acceptors (Lipinski definition) is 3. The van der Waals surface area contributed by atoms with E-state index in [4.69, 9.17) is 0 Å². The first kappa shape index (κ1) is 14.9. The van der Waals surface area contributed by atoms with Crippen molar-refractivity contribution < 1.29 is 12.8 Å². The lowest BCUT2D eigenvalue weighted by Gasteiger charge is -2.12. The number of para-hydroxylation sites is 1. The lowest BCUT2D eigenvalue weighted by Crippen LogP contribution is -2.15. The number of benzene rings is 2. The van der Waals surface area contributed by atoms with Crippen molar-refractivity contribution in [1.29, 1.82) is 0 Å². The molecule has 3 nitrogen and oxygen atoms in total. The van der Waals surface area contributed by atoms with Gasteiger partial charge in [-0.15, -0.1) is 11.8 Å². The fourth-order valence-electron chi connectivity index (χ4n) is 1.69. The number of thioether (sulfide) groups is 1. The van der Waals surface area contributed by atoms with Crippen molar-refractivity contribution in [3.63, 3.8) is 0 Å². The SMILES string of the molecule is CCSc1ccccc1NS(=O)(=O)c1ccccc1F. The summed E-state index contributed by atoms with van der Waals surface area (Å²) in [5, 5.41) is 0. The van der Waals surface area contributed by atoms with Crippen LogP contribution >= 0.6 is 11.8 Å². The van der Waals surface area contributed by atoms with Crippen LogP contribution in [0.25, 0.3) is 0 Å². The molecule has 6 heteroatoms. The molecule has 2 aromatic carbocycles. The van der Waals surface area contributed by atoms with Crippen LogP contribution in [0.3, 0.4) is 0 Å². The summed E-state index contributed by atoms with van der Waals surface area (Å²) < 4.78 is 40.5. The molecule has 0 saturated heterocycles. The minimum atomic E-state index is -3.92. The minimum absolute atomic E-state index is 0.351. The van der Waals surface area contributed by atoms with Crippen LogP contribution in [0.5, 0.6) is 0 Å². The van der Waals surface area contributed by atoms with Crippen LogP contribution in [0.1, 0.15) is 6.92 Å². The van der Waals surface area contributed by atoms with Crippen LogP contribution in [0.2, 0.25) is 0 Å². The molecule has 0 bridgehead atoms. The molecule has 0 heterocycles. The highest BCUT2D eigenvalue weighted by Crippen LogP contribution is 2.29. The molecule has 0 fully saturated rings. The van der Waals surface area contributed by atoms with Gasteiger partial charge in [-0.25, -0.2) is 12.8 Å². The average molecular weight is 311 g/mol. The highest BCUT2D eigenvalue weighted by Gasteiger charge is 2.19. The lowest BCUT2D eigenvalue weighted by molar-refractivity contribution is 0.570. The van der Waals surface area contributed by atoms with Crippen molar-refractivity contribution in [3.05, 3.63) is 54.3 Å². The molecule has 106 valence electrons. The topological polar surface area (TPSA) is 46.2 Å². The van der Waals surface area contributed by atoms with Gasteiger partial charge in [0.05, 0.1) is 5.69 Å². The van der Waals surface area contributed by atoms with E-state index in [0.717, 1.165) is 16.7 Å². The number of rotatable bonds is 5. The Kier molecular flexibility index (Phi) is 4.67. The maximum Gasteiger partial charge on any atom is 0.264 e. The molecular formula is C14H14FNO2S2. The van der Waals surface area contributed by atoms with E-state index in [1.165, 1.54) is 30.0 Å². The van der Waals surface area contributed by atoms with Crippen molar-refractivity contribution in [2.75, 3.05) is 10.5 Å². The van der Waals surface area contributed by atoms with Gasteiger partial charge in [0.2, 0.25) is 0 Å². The Morgan fingerprint density at radius 3 is 2.45 bits per heavy atom. The largest absolute Gasteiger partial charge is 0.278 e. The zero-order valence-electron chi connectivity index (χ0n) is 10.8. The number of nitrogens with one attached hydrogen (secondary N) is 1. The van der Waals surface area contributed by atoms with Crippen molar-refractivity contribution in [1.82, 2.24) is 0 Å². The first-order valence-electron chi connectivity index (χ1n) is 6.04. The van der Waals surface area contributed by atoms with E-state index in [1.807, 2.05) is 19.1 Å². The van der Waals surface area contributed by atoms with Crippen LogP contribution in [0.4, 0.5) is 10.1 Å². The average Bonchev–Trinajstić information content (AvgIpc) is 2.41. The Morgan fingerprint density at radius 1 is 1.10 bits per heavy atom. The molecule has 2 aromatic rings. The van der Waals surface area contributed by atoms with Gasteiger partial charge in [0, 0.05) is 4.90 Å². The second-order valence-corrected chi connectivity index (χ2v) is 6.92. The lowest BCUT2D eigenvalue weighted by atomic mass is 10.3. The molecule has 0 amide bonds. The van der Waals surface area contributed by atoms with Crippen LogP contribution in [-0.4, -0.2) is 14.2 Å². The number of sulfonamides is 1. The van der Waals surface area contributed by atoms with E-state index in [1.54, 1.807) is 12.1 Å². The maximum absolute atomic E-state index is 13.6. The van der Waals surface area contributed by atoms with E-state index in [0.29, 0.717) is 5.69 Å². The third-order valence-electron chi connectivity index (χ3n) is 2.56. The van der Waals surface area contributed by atoms with Crippen LogP contribution in [0, 0.1) is 5.82 Å². The van der Waals surface area contributed by atoms with Gasteiger partial charge in [0.25, 0.3) is 10.0 Å². The Balaban J connectivity index is 2.37. The molecule has 0 aliphatic carbocycles. The van der Waals surface area contributed by atoms with Gasteiger partial charge in [0.1, 0.15) is 10.7 Å². The van der Waals surface area contributed by atoms with Crippen LogP contribution in [-0.2, 0) is 10.0 Å². The van der Waals surface area contributed by atoms with E-state index in [-0.39, 0.29) is 4.90 Å². The predicted molar refractivity (Wildman–Crippen MR) is 80.0 cm³/mol. The fourth-order valence-corrected chi connectivity index (χ4v) is 3.68. The molecule has 0 aliphatic heterocycles. The first-order valence-corrected chi connectivity index (χ1v) is 8.50. The van der Waals surface area contributed by atoms with E-state index < -0.39 is 15.8 Å². The second-order valence-electron chi connectivity index (χ2n) is 3.97. The normalized spacial score (nSPS) is 11.3. The summed E-state index contributed by atoms with van der Waals surface area (Å²) in [6.07, 6.45) is 0. The summed E-state index contributed by atoms with van der Waals surface area (Å²) in [4.78, 5) is 0.464. The predicted octanol–water partition coefficient (Wildman–Crippen LogP) is 3.74. The maximum atomic E-state index is 13.6. The van der Waals surface area contributed by atoms with Gasteiger partial charge < -0.3 is 0 Å². The van der Waals surface area contributed by atoms with Gasteiger partial charge >= 0.3 is 0 Å². The molecule has 0 radical (unpaired) electrons. The summed E-state index contributed by atoms with van der Waals surface area (Å²) in [7, 11) is -3.92. The monoisotopic (exact) mass is 311 g/mol.